The lowest BCUT2D eigenvalue weighted by atomic mass is 9.94. The molecule has 3 aromatic carbocycles. The highest BCUT2D eigenvalue weighted by Gasteiger charge is 2.15. The largest absolute Gasteiger partial charge is 0.497 e. The zero-order chi connectivity index (χ0) is 26.1. The number of rotatable bonds is 12. The molecular weight excluding hydrogens is 460 g/mol. The van der Waals surface area contributed by atoms with Crippen molar-refractivity contribution in [2.75, 3.05) is 42.7 Å². The van der Waals surface area contributed by atoms with Gasteiger partial charge in [0.15, 0.2) is 11.5 Å². The quantitative estimate of drug-likeness (QED) is 0.325. The molecule has 0 aliphatic heterocycles. The van der Waals surface area contributed by atoms with Gasteiger partial charge in [0.05, 0.1) is 42.7 Å². The highest BCUT2D eigenvalue weighted by Crippen LogP contribution is 2.33. The maximum atomic E-state index is 12.0. The maximum absolute atomic E-state index is 12.0. The van der Waals surface area contributed by atoms with E-state index in [1.165, 1.54) is 18.2 Å². The Labute approximate surface area is 212 Å². The zero-order valence-corrected chi connectivity index (χ0v) is 21.8. The van der Waals surface area contributed by atoms with Gasteiger partial charge >= 0.3 is 5.97 Å². The van der Waals surface area contributed by atoms with Crippen LogP contribution in [0.5, 0.6) is 28.7 Å². The molecule has 192 valence electrons. The minimum absolute atomic E-state index is 0.407. The Morgan fingerprint density at radius 1 is 0.556 bits per heavy atom. The third kappa shape index (κ3) is 6.42. The summed E-state index contributed by atoms with van der Waals surface area (Å²) in [6, 6.07) is 15.6. The fourth-order valence-electron chi connectivity index (χ4n) is 4.17. The summed E-state index contributed by atoms with van der Waals surface area (Å²) < 4.78 is 32.2. The average molecular weight is 495 g/mol. The van der Waals surface area contributed by atoms with Gasteiger partial charge in [-0.1, -0.05) is 6.07 Å². The number of methoxy groups -OCH3 is 6. The van der Waals surface area contributed by atoms with Gasteiger partial charge in [-0.15, -0.1) is 0 Å². The minimum atomic E-state index is -0.422. The molecule has 7 heteroatoms. The number of benzene rings is 3. The van der Waals surface area contributed by atoms with Crippen LogP contribution in [0, 0.1) is 0 Å². The molecule has 0 amide bonds. The van der Waals surface area contributed by atoms with Crippen LogP contribution >= 0.6 is 0 Å². The average Bonchev–Trinajstić information content (AvgIpc) is 2.93. The van der Waals surface area contributed by atoms with Gasteiger partial charge < -0.3 is 28.4 Å². The van der Waals surface area contributed by atoms with Crippen molar-refractivity contribution in [1.29, 1.82) is 0 Å². The number of esters is 1. The molecule has 0 atom stereocenters. The van der Waals surface area contributed by atoms with Crippen molar-refractivity contribution in [2.45, 2.75) is 25.7 Å². The van der Waals surface area contributed by atoms with E-state index in [9.17, 15) is 4.79 Å². The highest BCUT2D eigenvalue weighted by atomic mass is 16.5. The molecule has 36 heavy (non-hydrogen) atoms. The van der Waals surface area contributed by atoms with Gasteiger partial charge in [0.25, 0.3) is 0 Å². The Kier molecular flexibility index (Phi) is 9.45. The van der Waals surface area contributed by atoms with Crippen molar-refractivity contribution in [1.82, 2.24) is 0 Å². The van der Waals surface area contributed by atoms with E-state index in [0.29, 0.717) is 22.8 Å². The summed E-state index contributed by atoms with van der Waals surface area (Å²) in [6.07, 6.45) is 3.14. The van der Waals surface area contributed by atoms with Crippen LogP contribution in [0.1, 0.15) is 32.6 Å². The minimum Gasteiger partial charge on any atom is -0.497 e. The van der Waals surface area contributed by atoms with E-state index >= 15 is 0 Å². The number of ether oxygens (including phenoxy) is 6. The normalized spacial score (nSPS) is 10.5. The van der Waals surface area contributed by atoms with Crippen LogP contribution in [0.25, 0.3) is 0 Å². The summed E-state index contributed by atoms with van der Waals surface area (Å²) in [5.74, 6) is 3.00. The number of carbonyl (C=O) groups is 1. The molecule has 0 unspecified atom stereocenters. The first kappa shape index (κ1) is 26.7. The summed E-state index contributed by atoms with van der Waals surface area (Å²) in [5.41, 5.74) is 4.92. The van der Waals surface area contributed by atoms with Crippen LogP contribution in [0.4, 0.5) is 0 Å². The summed E-state index contributed by atoms with van der Waals surface area (Å²) in [6.45, 7) is 0. The first-order valence-corrected chi connectivity index (χ1v) is 11.7. The smallest absolute Gasteiger partial charge is 0.341 e. The summed E-state index contributed by atoms with van der Waals surface area (Å²) in [7, 11) is 9.49. The molecule has 0 saturated carbocycles. The summed E-state index contributed by atoms with van der Waals surface area (Å²) >= 11 is 0. The second-order valence-corrected chi connectivity index (χ2v) is 8.22. The van der Waals surface area contributed by atoms with Gasteiger partial charge in [0.1, 0.15) is 22.8 Å². The van der Waals surface area contributed by atoms with E-state index in [4.69, 9.17) is 28.4 Å². The second kappa shape index (κ2) is 12.7. The van der Waals surface area contributed by atoms with E-state index in [2.05, 4.69) is 0 Å². The second-order valence-electron chi connectivity index (χ2n) is 8.22. The maximum Gasteiger partial charge on any atom is 0.341 e. The van der Waals surface area contributed by atoms with E-state index < -0.39 is 5.97 Å². The number of aryl methyl sites for hydroxylation is 4. The number of hydrogen-bond donors (Lipinski definition) is 0. The third-order valence-electron chi connectivity index (χ3n) is 6.15. The fraction of sp³-hybridized carbons (Fsp3) is 0.345. The van der Waals surface area contributed by atoms with E-state index in [-0.39, 0.29) is 0 Å². The summed E-state index contributed by atoms with van der Waals surface area (Å²) in [4.78, 5) is 12.0. The summed E-state index contributed by atoms with van der Waals surface area (Å²) in [5, 5.41) is 0. The molecule has 3 rings (SSSR count). The predicted molar refractivity (Wildman–Crippen MR) is 138 cm³/mol. The van der Waals surface area contributed by atoms with Crippen molar-refractivity contribution >= 4 is 5.97 Å². The number of carbonyl (C=O) groups excluding carboxylic acids is 1. The molecular formula is C29H34O7. The monoisotopic (exact) mass is 494 g/mol. The van der Waals surface area contributed by atoms with E-state index in [1.54, 1.807) is 41.6 Å². The Morgan fingerprint density at radius 3 is 1.56 bits per heavy atom. The van der Waals surface area contributed by atoms with Gasteiger partial charge in [0, 0.05) is 6.07 Å². The zero-order valence-electron chi connectivity index (χ0n) is 21.8. The molecule has 0 aromatic heterocycles. The lowest BCUT2D eigenvalue weighted by Gasteiger charge is -2.16. The molecule has 0 bridgehead atoms. The molecule has 7 nitrogen and oxygen atoms in total. The van der Waals surface area contributed by atoms with Gasteiger partial charge in [0.2, 0.25) is 0 Å². The van der Waals surface area contributed by atoms with Gasteiger partial charge in [-0.05, 0) is 84.3 Å². The standard InChI is InChI=1S/C29H34O7/c1-31-23-13-20(14-24(18-23)32-2)8-11-22-17-28(35-5)27(34-4)16-21(22)10-7-19-9-12-25(29(30)36-6)26(15-19)33-3/h9,12-18H,7-8,10-11H2,1-6H3. The molecule has 0 N–H and O–H groups in total. The first-order valence-electron chi connectivity index (χ1n) is 11.7. The lowest BCUT2D eigenvalue weighted by Crippen LogP contribution is -2.05. The van der Waals surface area contributed by atoms with E-state index in [1.807, 2.05) is 42.5 Å². The Hall–Kier alpha value is -3.87. The topological polar surface area (TPSA) is 72.5 Å². The predicted octanol–water partition coefficient (Wildman–Crippen LogP) is 5.09. The van der Waals surface area contributed by atoms with Crippen molar-refractivity contribution in [3.05, 3.63) is 76.3 Å². The molecule has 0 fully saturated rings. The van der Waals surface area contributed by atoms with Gasteiger partial charge in [-0.3, -0.25) is 0 Å². The van der Waals surface area contributed by atoms with Crippen LogP contribution in [0.2, 0.25) is 0 Å². The van der Waals surface area contributed by atoms with Gasteiger partial charge in [-0.2, -0.15) is 0 Å². The molecule has 0 spiro atoms. The first-order chi connectivity index (χ1) is 17.5. The Morgan fingerprint density at radius 2 is 1.08 bits per heavy atom. The molecule has 0 aliphatic carbocycles. The Bertz CT molecular complexity index is 1160. The van der Waals surface area contributed by atoms with Crippen molar-refractivity contribution in [2.24, 2.45) is 0 Å². The van der Waals surface area contributed by atoms with Crippen LogP contribution in [-0.2, 0) is 30.4 Å². The third-order valence-corrected chi connectivity index (χ3v) is 6.15. The molecule has 3 aromatic rings. The molecule has 0 saturated heterocycles. The molecule has 0 radical (unpaired) electrons. The fourth-order valence-corrected chi connectivity index (χ4v) is 4.17. The van der Waals surface area contributed by atoms with Crippen molar-refractivity contribution in [3.63, 3.8) is 0 Å². The van der Waals surface area contributed by atoms with Crippen LogP contribution in [-0.4, -0.2) is 48.6 Å². The van der Waals surface area contributed by atoms with Crippen molar-refractivity contribution in [3.8, 4) is 28.7 Å². The van der Waals surface area contributed by atoms with Crippen LogP contribution < -0.4 is 23.7 Å². The number of hydrogen-bond acceptors (Lipinski definition) is 7. The molecule has 0 aliphatic rings. The van der Waals surface area contributed by atoms with Crippen molar-refractivity contribution < 1.29 is 33.2 Å². The van der Waals surface area contributed by atoms with E-state index in [0.717, 1.165) is 48.3 Å². The highest BCUT2D eigenvalue weighted by molar-refractivity contribution is 5.92. The van der Waals surface area contributed by atoms with Gasteiger partial charge in [-0.25, -0.2) is 4.79 Å². The SMILES string of the molecule is COC(=O)c1ccc(CCc2cc(OC)c(OC)cc2CCc2cc(OC)cc(OC)c2)cc1OC. The molecule has 0 heterocycles. The van der Waals surface area contributed by atoms with Crippen LogP contribution in [0.15, 0.2) is 48.5 Å². The van der Waals surface area contributed by atoms with Crippen LogP contribution in [0.3, 0.4) is 0 Å². The lowest BCUT2D eigenvalue weighted by molar-refractivity contribution is 0.0597. The Balaban J connectivity index is 1.86.